The minimum absolute atomic E-state index is 0.553. The highest BCUT2D eigenvalue weighted by atomic mass is 16.5. The number of pyridine rings is 1. The zero-order valence-electron chi connectivity index (χ0n) is 15.9. The summed E-state index contributed by atoms with van der Waals surface area (Å²) in [7, 11) is 0. The van der Waals surface area contributed by atoms with Crippen LogP contribution >= 0.6 is 0 Å². The average Bonchev–Trinajstić information content (AvgIpc) is 2.78. The Morgan fingerprint density at radius 2 is 1.71 bits per heavy atom. The second-order valence-corrected chi connectivity index (χ2v) is 6.87. The first kappa shape index (κ1) is 18.4. The Labute approximate surface area is 165 Å². The molecule has 3 heterocycles. The predicted molar refractivity (Wildman–Crippen MR) is 109 cm³/mol. The van der Waals surface area contributed by atoms with E-state index in [2.05, 4.69) is 36.9 Å². The molecule has 0 bridgehead atoms. The standard InChI is InChI=1S/C22H25N5O/c1-2-5-19(6-3-1)18-28-21-7-4-9-25-22(21)27-15-13-26(14-16-27)12-8-20-17-23-10-11-24-20/h1-7,9-11,17H,8,12-16,18H2. The Morgan fingerprint density at radius 3 is 2.50 bits per heavy atom. The van der Waals surface area contributed by atoms with Gasteiger partial charge in [0, 0.05) is 63.9 Å². The molecule has 2 aromatic heterocycles. The minimum atomic E-state index is 0.553. The molecule has 0 atom stereocenters. The molecule has 0 saturated carbocycles. The number of nitrogens with zero attached hydrogens (tertiary/aromatic N) is 5. The summed E-state index contributed by atoms with van der Waals surface area (Å²) in [6, 6.07) is 14.2. The third-order valence-electron chi connectivity index (χ3n) is 4.96. The fourth-order valence-corrected chi connectivity index (χ4v) is 3.38. The fraction of sp³-hybridized carbons (Fsp3) is 0.318. The summed E-state index contributed by atoms with van der Waals surface area (Å²) in [6.07, 6.45) is 8.09. The Bertz CT molecular complexity index is 851. The minimum Gasteiger partial charge on any atom is -0.485 e. The van der Waals surface area contributed by atoms with Gasteiger partial charge >= 0.3 is 0 Å². The van der Waals surface area contributed by atoms with E-state index in [1.807, 2.05) is 42.7 Å². The molecule has 144 valence electrons. The summed E-state index contributed by atoms with van der Waals surface area (Å²) in [5, 5.41) is 0. The smallest absolute Gasteiger partial charge is 0.171 e. The molecule has 1 aliphatic rings. The number of piperazine rings is 1. The van der Waals surface area contributed by atoms with E-state index in [4.69, 9.17) is 4.74 Å². The number of hydrogen-bond donors (Lipinski definition) is 0. The van der Waals surface area contributed by atoms with Crippen molar-refractivity contribution in [1.29, 1.82) is 0 Å². The van der Waals surface area contributed by atoms with Crippen LogP contribution in [0, 0.1) is 0 Å². The molecular weight excluding hydrogens is 350 g/mol. The van der Waals surface area contributed by atoms with Crippen LogP contribution in [0.2, 0.25) is 0 Å². The fourth-order valence-electron chi connectivity index (χ4n) is 3.38. The zero-order valence-corrected chi connectivity index (χ0v) is 15.9. The van der Waals surface area contributed by atoms with Crippen molar-refractivity contribution < 1.29 is 4.74 Å². The van der Waals surface area contributed by atoms with Gasteiger partial charge in [-0.15, -0.1) is 0 Å². The van der Waals surface area contributed by atoms with Gasteiger partial charge in [-0.2, -0.15) is 0 Å². The lowest BCUT2D eigenvalue weighted by Gasteiger charge is -2.35. The maximum Gasteiger partial charge on any atom is 0.171 e. The van der Waals surface area contributed by atoms with Gasteiger partial charge in [0.2, 0.25) is 0 Å². The number of ether oxygens (including phenoxy) is 1. The molecule has 28 heavy (non-hydrogen) atoms. The summed E-state index contributed by atoms with van der Waals surface area (Å²) in [5.41, 5.74) is 2.21. The summed E-state index contributed by atoms with van der Waals surface area (Å²) in [5.74, 6) is 1.78. The number of aromatic nitrogens is 3. The van der Waals surface area contributed by atoms with Crippen molar-refractivity contribution in [2.24, 2.45) is 0 Å². The lowest BCUT2D eigenvalue weighted by molar-refractivity contribution is 0.256. The maximum atomic E-state index is 6.08. The number of rotatable bonds is 7. The second kappa shape index (κ2) is 9.28. The third kappa shape index (κ3) is 4.84. The Kier molecular flexibility index (Phi) is 6.09. The maximum absolute atomic E-state index is 6.08. The van der Waals surface area contributed by atoms with Crippen LogP contribution in [0.25, 0.3) is 0 Å². The topological polar surface area (TPSA) is 54.4 Å². The Morgan fingerprint density at radius 1 is 0.857 bits per heavy atom. The van der Waals surface area contributed by atoms with Gasteiger partial charge in [-0.1, -0.05) is 30.3 Å². The molecular formula is C22H25N5O. The van der Waals surface area contributed by atoms with Crippen molar-refractivity contribution in [1.82, 2.24) is 19.9 Å². The summed E-state index contributed by atoms with van der Waals surface area (Å²) < 4.78 is 6.08. The van der Waals surface area contributed by atoms with E-state index < -0.39 is 0 Å². The molecule has 1 fully saturated rings. The van der Waals surface area contributed by atoms with Gasteiger partial charge in [0.15, 0.2) is 11.6 Å². The van der Waals surface area contributed by atoms with E-state index in [1.54, 1.807) is 12.4 Å². The van der Waals surface area contributed by atoms with Crippen molar-refractivity contribution in [3.8, 4) is 5.75 Å². The van der Waals surface area contributed by atoms with E-state index in [1.165, 1.54) is 0 Å². The first-order chi connectivity index (χ1) is 13.9. The van der Waals surface area contributed by atoms with Crippen LogP contribution in [0.3, 0.4) is 0 Å². The molecule has 0 spiro atoms. The van der Waals surface area contributed by atoms with Crippen LogP contribution in [-0.4, -0.2) is 52.6 Å². The molecule has 6 heteroatoms. The molecule has 0 radical (unpaired) electrons. The van der Waals surface area contributed by atoms with E-state index >= 15 is 0 Å². The predicted octanol–water partition coefficient (Wildman–Crippen LogP) is 2.82. The molecule has 0 amide bonds. The number of hydrogen-bond acceptors (Lipinski definition) is 6. The van der Waals surface area contributed by atoms with Gasteiger partial charge in [-0.3, -0.25) is 14.9 Å². The van der Waals surface area contributed by atoms with Crippen LogP contribution in [0.15, 0.2) is 67.3 Å². The van der Waals surface area contributed by atoms with Gasteiger partial charge in [0.25, 0.3) is 0 Å². The molecule has 1 aliphatic heterocycles. The first-order valence-electron chi connectivity index (χ1n) is 9.72. The third-order valence-corrected chi connectivity index (χ3v) is 4.96. The van der Waals surface area contributed by atoms with Gasteiger partial charge in [-0.05, 0) is 17.7 Å². The number of anilines is 1. The highest BCUT2D eigenvalue weighted by Gasteiger charge is 2.20. The van der Waals surface area contributed by atoms with Crippen molar-refractivity contribution in [3.63, 3.8) is 0 Å². The molecule has 0 N–H and O–H groups in total. The molecule has 1 aromatic carbocycles. The van der Waals surface area contributed by atoms with Crippen molar-refractivity contribution in [2.75, 3.05) is 37.6 Å². The highest BCUT2D eigenvalue weighted by Crippen LogP contribution is 2.27. The highest BCUT2D eigenvalue weighted by molar-refractivity contribution is 5.52. The van der Waals surface area contributed by atoms with E-state index in [9.17, 15) is 0 Å². The van der Waals surface area contributed by atoms with Crippen LogP contribution in [0.4, 0.5) is 5.82 Å². The van der Waals surface area contributed by atoms with Crippen molar-refractivity contribution >= 4 is 5.82 Å². The average molecular weight is 375 g/mol. The van der Waals surface area contributed by atoms with Gasteiger partial charge in [0.1, 0.15) is 6.61 Å². The zero-order chi connectivity index (χ0) is 19.0. The van der Waals surface area contributed by atoms with Crippen molar-refractivity contribution in [2.45, 2.75) is 13.0 Å². The summed E-state index contributed by atoms with van der Waals surface area (Å²) in [4.78, 5) is 17.9. The van der Waals surface area contributed by atoms with E-state index in [-0.39, 0.29) is 0 Å². The van der Waals surface area contributed by atoms with Crippen LogP contribution in [-0.2, 0) is 13.0 Å². The lowest BCUT2D eigenvalue weighted by Crippen LogP contribution is -2.47. The second-order valence-electron chi connectivity index (χ2n) is 6.87. The van der Waals surface area contributed by atoms with Crippen LogP contribution in [0.1, 0.15) is 11.3 Å². The largest absolute Gasteiger partial charge is 0.485 e. The van der Waals surface area contributed by atoms with Crippen LogP contribution < -0.4 is 9.64 Å². The molecule has 4 rings (SSSR count). The SMILES string of the molecule is c1ccc(COc2cccnc2N2CCN(CCc3cnccn3)CC2)cc1. The van der Waals surface area contributed by atoms with E-state index in [0.29, 0.717) is 6.61 Å². The lowest BCUT2D eigenvalue weighted by atomic mass is 10.2. The van der Waals surface area contributed by atoms with Gasteiger partial charge in [-0.25, -0.2) is 4.98 Å². The quantitative estimate of drug-likeness (QED) is 0.633. The van der Waals surface area contributed by atoms with Gasteiger partial charge < -0.3 is 9.64 Å². The van der Waals surface area contributed by atoms with E-state index in [0.717, 1.165) is 62.0 Å². The molecule has 0 aliphatic carbocycles. The Hall–Kier alpha value is -2.99. The number of benzene rings is 1. The molecule has 3 aromatic rings. The Balaban J connectivity index is 1.32. The normalized spacial score (nSPS) is 14.8. The van der Waals surface area contributed by atoms with Gasteiger partial charge in [0.05, 0.1) is 5.69 Å². The molecule has 6 nitrogen and oxygen atoms in total. The molecule has 0 unspecified atom stereocenters. The first-order valence-corrected chi connectivity index (χ1v) is 9.72. The monoisotopic (exact) mass is 375 g/mol. The molecule has 1 saturated heterocycles. The summed E-state index contributed by atoms with van der Waals surface area (Å²) >= 11 is 0. The summed E-state index contributed by atoms with van der Waals surface area (Å²) in [6.45, 7) is 5.46. The van der Waals surface area contributed by atoms with Crippen molar-refractivity contribution in [3.05, 3.63) is 78.5 Å². The van der Waals surface area contributed by atoms with Crippen LogP contribution in [0.5, 0.6) is 5.75 Å².